The molecule has 5 rings (SSSR count). The van der Waals surface area contributed by atoms with Crippen LogP contribution in [0.4, 0.5) is 5.69 Å². The van der Waals surface area contributed by atoms with Crippen LogP contribution in [0.1, 0.15) is 23.2 Å². The van der Waals surface area contributed by atoms with E-state index >= 15 is 0 Å². The Bertz CT molecular complexity index is 1060. The number of nitrogens with zero attached hydrogens (tertiary/aromatic N) is 5. The second-order valence-electron chi connectivity index (χ2n) is 8.69. The van der Waals surface area contributed by atoms with Crippen LogP contribution < -0.4 is 4.90 Å². The molecule has 3 heterocycles. The van der Waals surface area contributed by atoms with Gasteiger partial charge in [0.1, 0.15) is 5.52 Å². The molecule has 2 saturated heterocycles. The van der Waals surface area contributed by atoms with Gasteiger partial charge in [-0.2, -0.15) is 0 Å². The van der Waals surface area contributed by atoms with Crippen molar-refractivity contribution < 1.29 is 9.42 Å². The predicted octanol–water partition coefficient (Wildman–Crippen LogP) is 3.12. The molecular weight excluding hydrogens is 378 g/mol. The highest BCUT2D eigenvalue weighted by molar-refractivity contribution is 5.97. The van der Waals surface area contributed by atoms with Gasteiger partial charge in [-0.15, -0.1) is 0 Å². The Hall–Kier alpha value is -2.93. The smallest absolute Gasteiger partial charge is 0.253 e. The van der Waals surface area contributed by atoms with Crippen molar-refractivity contribution in [3.63, 3.8) is 0 Å². The topological polar surface area (TPSA) is 65.7 Å². The molecule has 2 aromatic carbocycles. The summed E-state index contributed by atoms with van der Waals surface area (Å²) < 4.78 is 5.05. The Kier molecular flexibility index (Phi) is 4.90. The van der Waals surface area contributed by atoms with Gasteiger partial charge in [0.25, 0.3) is 5.91 Å². The first-order chi connectivity index (χ1) is 14.6. The third kappa shape index (κ3) is 3.54. The minimum Gasteiger partial charge on any atom is -0.369 e. The number of benzene rings is 2. The van der Waals surface area contributed by atoms with E-state index in [1.54, 1.807) is 19.0 Å². The predicted molar refractivity (Wildman–Crippen MR) is 117 cm³/mol. The van der Waals surface area contributed by atoms with Crippen molar-refractivity contribution >= 4 is 22.6 Å². The van der Waals surface area contributed by atoms with Gasteiger partial charge in [0.2, 0.25) is 0 Å². The minimum atomic E-state index is -0.00579. The Morgan fingerprint density at radius 2 is 1.90 bits per heavy atom. The molecule has 0 radical (unpaired) electrons. The average molecular weight is 406 g/mol. The Balaban J connectivity index is 1.42. The van der Waals surface area contributed by atoms with Gasteiger partial charge >= 0.3 is 0 Å². The summed E-state index contributed by atoms with van der Waals surface area (Å²) in [5.74, 6) is 0.691. The van der Waals surface area contributed by atoms with Gasteiger partial charge < -0.3 is 14.7 Å². The van der Waals surface area contributed by atoms with Crippen molar-refractivity contribution in [3.05, 3.63) is 42.0 Å². The summed E-state index contributed by atoms with van der Waals surface area (Å²) in [7, 11) is 3.53. The number of aromatic nitrogens is 2. The fourth-order valence-corrected chi connectivity index (χ4v) is 4.58. The van der Waals surface area contributed by atoms with Gasteiger partial charge in [-0.05, 0) is 71.6 Å². The van der Waals surface area contributed by atoms with Crippen LogP contribution in [0, 0.1) is 5.92 Å². The molecule has 0 saturated carbocycles. The molecule has 0 bridgehead atoms. The first kappa shape index (κ1) is 19.1. The van der Waals surface area contributed by atoms with Crippen LogP contribution in [0.5, 0.6) is 0 Å². The molecule has 0 atom stereocenters. The number of hydrogen-bond donors (Lipinski definition) is 0. The zero-order valence-corrected chi connectivity index (χ0v) is 17.5. The molecule has 3 aromatic rings. The number of carbonyl (C=O) groups is 1. The van der Waals surface area contributed by atoms with E-state index in [1.165, 1.54) is 32.5 Å². The van der Waals surface area contributed by atoms with E-state index in [0.29, 0.717) is 11.5 Å². The number of likely N-dealkylation sites (tertiary alicyclic amines) is 1. The highest BCUT2D eigenvalue weighted by atomic mass is 16.6. The molecule has 0 N–H and O–H groups in total. The van der Waals surface area contributed by atoms with Gasteiger partial charge in [-0.25, -0.2) is 4.63 Å². The number of anilines is 1. The summed E-state index contributed by atoms with van der Waals surface area (Å²) in [6.45, 7) is 5.73. The molecule has 0 aliphatic carbocycles. The maximum absolute atomic E-state index is 12.4. The van der Waals surface area contributed by atoms with Crippen molar-refractivity contribution in [2.75, 3.05) is 51.7 Å². The zero-order valence-electron chi connectivity index (χ0n) is 17.5. The average Bonchev–Trinajstić information content (AvgIpc) is 3.41. The fourth-order valence-electron chi connectivity index (χ4n) is 4.58. The van der Waals surface area contributed by atoms with Crippen LogP contribution in [-0.4, -0.2) is 72.8 Å². The summed E-state index contributed by atoms with van der Waals surface area (Å²) in [6.07, 6.45) is 2.66. The van der Waals surface area contributed by atoms with Gasteiger partial charge in [-0.1, -0.05) is 12.1 Å². The number of amides is 1. The van der Waals surface area contributed by atoms with Crippen LogP contribution in [-0.2, 0) is 0 Å². The van der Waals surface area contributed by atoms with Crippen LogP contribution in [0.25, 0.3) is 22.2 Å². The summed E-state index contributed by atoms with van der Waals surface area (Å²) in [6, 6.07) is 11.9. The summed E-state index contributed by atoms with van der Waals surface area (Å²) in [5.41, 5.74) is 5.29. The molecule has 2 aliphatic heterocycles. The summed E-state index contributed by atoms with van der Waals surface area (Å²) >= 11 is 0. The van der Waals surface area contributed by atoms with Crippen LogP contribution in [0.2, 0.25) is 0 Å². The number of fused-ring (bicyclic) bond motifs is 1. The van der Waals surface area contributed by atoms with Crippen molar-refractivity contribution in [2.24, 2.45) is 5.92 Å². The molecule has 1 aromatic heterocycles. The van der Waals surface area contributed by atoms with Crippen LogP contribution >= 0.6 is 0 Å². The molecular formula is C23H27N5O2. The first-order valence-corrected chi connectivity index (χ1v) is 10.6. The number of carbonyl (C=O) groups excluding carboxylic acids is 1. The maximum atomic E-state index is 12.4. The lowest BCUT2D eigenvalue weighted by molar-refractivity contribution is 0.0827. The molecule has 156 valence electrons. The van der Waals surface area contributed by atoms with Gasteiger partial charge in [0.15, 0.2) is 5.52 Å². The third-order valence-corrected chi connectivity index (χ3v) is 6.20. The first-order valence-electron chi connectivity index (χ1n) is 10.6. The Morgan fingerprint density at radius 3 is 2.67 bits per heavy atom. The van der Waals surface area contributed by atoms with Gasteiger partial charge in [0.05, 0.1) is 5.69 Å². The monoisotopic (exact) mass is 405 g/mol. The van der Waals surface area contributed by atoms with Crippen molar-refractivity contribution in [3.8, 4) is 11.1 Å². The second-order valence-corrected chi connectivity index (χ2v) is 8.69. The Morgan fingerprint density at radius 1 is 1.10 bits per heavy atom. The molecule has 7 nitrogen and oxygen atoms in total. The highest BCUT2D eigenvalue weighted by Crippen LogP contribution is 2.35. The van der Waals surface area contributed by atoms with E-state index in [2.05, 4.69) is 26.2 Å². The van der Waals surface area contributed by atoms with E-state index in [9.17, 15) is 4.79 Å². The summed E-state index contributed by atoms with van der Waals surface area (Å²) in [4.78, 5) is 18.9. The van der Waals surface area contributed by atoms with Crippen molar-refractivity contribution in [1.29, 1.82) is 0 Å². The van der Waals surface area contributed by atoms with Crippen LogP contribution in [0.15, 0.2) is 41.0 Å². The highest BCUT2D eigenvalue weighted by Gasteiger charge is 2.31. The van der Waals surface area contributed by atoms with Crippen LogP contribution in [0.3, 0.4) is 0 Å². The largest absolute Gasteiger partial charge is 0.369 e. The van der Waals surface area contributed by atoms with E-state index in [1.807, 2.05) is 30.3 Å². The number of hydrogen-bond acceptors (Lipinski definition) is 6. The summed E-state index contributed by atoms with van der Waals surface area (Å²) in [5, 5.41) is 8.25. The lowest BCUT2D eigenvalue weighted by Gasteiger charge is -2.42. The molecule has 1 amide bonds. The normalized spacial score (nSPS) is 17.5. The second kappa shape index (κ2) is 7.72. The van der Waals surface area contributed by atoms with E-state index in [0.717, 1.165) is 40.9 Å². The maximum Gasteiger partial charge on any atom is 0.253 e. The van der Waals surface area contributed by atoms with E-state index in [4.69, 9.17) is 4.63 Å². The van der Waals surface area contributed by atoms with E-state index in [-0.39, 0.29) is 5.91 Å². The van der Waals surface area contributed by atoms with Gasteiger partial charge in [-0.3, -0.25) is 4.79 Å². The number of rotatable bonds is 5. The Labute approximate surface area is 176 Å². The lowest BCUT2D eigenvalue weighted by atomic mass is 9.96. The molecule has 7 heteroatoms. The quantitative estimate of drug-likeness (QED) is 0.650. The molecule has 0 spiro atoms. The minimum absolute atomic E-state index is 0.00579. The zero-order chi connectivity index (χ0) is 20.7. The van der Waals surface area contributed by atoms with Crippen molar-refractivity contribution in [1.82, 2.24) is 20.1 Å². The van der Waals surface area contributed by atoms with E-state index < -0.39 is 0 Å². The standard InChI is InChI=1S/C23H27N5O2/c1-26(2)23(29)18-7-5-6-17(10-18)19-11-20-22(25-30-24-20)21(12-19)28-14-16(15-28)13-27-8-3-4-9-27/h5-7,10-12,16H,3-4,8-9,13-15H2,1-2H3. The molecule has 30 heavy (non-hydrogen) atoms. The molecule has 2 fully saturated rings. The molecule has 0 unspecified atom stereocenters. The van der Waals surface area contributed by atoms with Gasteiger partial charge in [0, 0.05) is 45.2 Å². The lowest BCUT2D eigenvalue weighted by Crippen LogP contribution is -2.51. The third-order valence-electron chi connectivity index (χ3n) is 6.20. The molecule has 2 aliphatic rings. The van der Waals surface area contributed by atoms with Crippen molar-refractivity contribution in [2.45, 2.75) is 12.8 Å². The fraction of sp³-hybridized carbons (Fsp3) is 0.435. The SMILES string of the molecule is CN(C)C(=O)c1cccc(-c2cc(N3CC(CN4CCCC4)C3)c3nonc3c2)c1.